The lowest BCUT2D eigenvalue weighted by atomic mass is 10.2. The van der Waals surface area contributed by atoms with Gasteiger partial charge >= 0.3 is 0 Å². The van der Waals surface area contributed by atoms with Crippen molar-refractivity contribution >= 4 is 18.1 Å². The van der Waals surface area contributed by atoms with Gasteiger partial charge in [-0.25, -0.2) is 4.98 Å². The normalized spacial score (nSPS) is 12.1. The Morgan fingerprint density at radius 2 is 2.06 bits per heavy atom. The lowest BCUT2D eigenvalue weighted by Crippen LogP contribution is -2.20. The summed E-state index contributed by atoms with van der Waals surface area (Å²) < 4.78 is 1.55. The lowest BCUT2D eigenvalue weighted by Gasteiger charge is -2.07. The van der Waals surface area contributed by atoms with Gasteiger partial charge in [-0.2, -0.15) is 0 Å². The van der Waals surface area contributed by atoms with Crippen LogP contribution in [0.15, 0.2) is 15.9 Å². The van der Waals surface area contributed by atoms with Gasteiger partial charge in [0.05, 0.1) is 5.69 Å². The van der Waals surface area contributed by atoms with Crippen LogP contribution in [0.25, 0.3) is 6.20 Å². The summed E-state index contributed by atoms with van der Waals surface area (Å²) in [5.41, 5.74) is 0.993. The van der Waals surface area contributed by atoms with Gasteiger partial charge < -0.3 is 0 Å². The van der Waals surface area contributed by atoms with Crippen molar-refractivity contribution in [2.75, 3.05) is 0 Å². The number of hydrogen-bond donors (Lipinski definition) is 0. The summed E-state index contributed by atoms with van der Waals surface area (Å²) in [6.07, 6.45) is 6.35. The second-order valence-corrected chi connectivity index (χ2v) is 4.58. The molecule has 0 aromatic carbocycles. The molecule has 18 heavy (non-hydrogen) atoms. The molecule has 1 aromatic heterocycles. The van der Waals surface area contributed by atoms with Crippen molar-refractivity contribution in [2.45, 2.75) is 41.0 Å². The molecule has 0 bridgehead atoms. The number of nitrogens with zero attached hydrogens (tertiary/aromatic N) is 3. The van der Waals surface area contributed by atoms with E-state index < -0.39 is 0 Å². The molecule has 0 saturated carbocycles. The van der Waals surface area contributed by atoms with Crippen molar-refractivity contribution in [2.24, 2.45) is 10.9 Å². The Morgan fingerprint density at radius 3 is 2.61 bits per heavy atom. The molecule has 0 aliphatic heterocycles. The third-order valence-corrected chi connectivity index (χ3v) is 2.43. The van der Waals surface area contributed by atoms with Crippen molar-refractivity contribution in [3.05, 3.63) is 27.9 Å². The lowest BCUT2D eigenvalue weighted by molar-refractivity contribution is 0.880. The van der Waals surface area contributed by atoms with Crippen molar-refractivity contribution < 1.29 is 0 Å². The molecule has 0 radical (unpaired) electrons. The van der Waals surface area contributed by atoms with E-state index in [1.165, 1.54) is 0 Å². The quantitative estimate of drug-likeness (QED) is 0.767. The van der Waals surface area contributed by atoms with Gasteiger partial charge in [-0.15, -0.1) is 0 Å². The zero-order valence-corrected chi connectivity index (χ0v) is 11.8. The Morgan fingerprint density at radius 1 is 1.39 bits per heavy atom. The molecule has 0 aliphatic rings. The maximum absolute atomic E-state index is 12.3. The van der Waals surface area contributed by atoms with Crippen molar-refractivity contribution in [3.8, 4) is 0 Å². The molecular weight excluding hydrogens is 226 g/mol. The monoisotopic (exact) mass is 247 g/mol. The van der Waals surface area contributed by atoms with Crippen LogP contribution in [-0.2, 0) is 0 Å². The molecule has 0 unspecified atom stereocenters. The number of rotatable bonds is 4. The first kappa shape index (κ1) is 14.4. The molecule has 1 aromatic rings. The highest BCUT2D eigenvalue weighted by Crippen LogP contribution is 2.11. The van der Waals surface area contributed by atoms with Gasteiger partial charge in [-0.05, 0) is 26.2 Å². The van der Waals surface area contributed by atoms with Gasteiger partial charge in [0.2, 0.25) is 0 Å². The largest absolute Gasteiger partial charge is 0.283 e. The van der Waals surface area contributed by atoms with E-state index in [9.17, 15) is 4.79 Å². The molecule has 98 valence electrons. The van der Waals surface area contributed by atoms with E-state index in [2.05, 4.69) is 9.98 Å². The van der Waals surface area contributed by atoms with Crippen LogP contribution in [0.5, 0.6) is 0 Å². The molecular formula is C14H21N3O. The first-order valence-corrected chi connectivity index (χ1v) is 6.28. The topological polar surface area (TPSA) is 47.2 Å². The van der Waals surface area contributed by atoms with E-state index in [4.69, 9.17) is 0 Å². The predicted molar refractivity (Wildman–Crippen MR) is 76.6 cm³/mol. The smallest absolute Gasteiger partial charge is 0.270 e. The fraction of sp³-hybridized carbons (Fsp3) is 0.500. The minimum Gasteiger partial charge on any atom is -0.270 e. The Labute approximate surface area is 108 Å². The Kier molecular flexibility index (Phi) is 5.01. The van der Waals surface area contributed by atoms with Crippen LogP contribution >= 0.6 is 0 Å². The summed E-state index contributed by atoms with van der Waals surface area (Å²) in [4.78, 5) is 20.9. The first-order valence-electron chi connectivity index (χ1n) is 6.28. The molecule has 0 spiro atoms. The summed E-state index contributed by atoms with van der Waals surface area (Å²) >= 11 is 0. The third-order valence-electron chi connectivity index (χ3n) is 2.43. The molecule has 1 rings (SSSR count). The molecule has 0 N–H and O–H groups in total. The van der Waals surface area contributed by atoms with E-state index in [-0.39, 0.29) is 5.56 Å². The average Bonchev–Trinajstić information content (AvgIpc) is 2.27. The Balaban J connectivity index is 3.36. The summed E-state index contributed by atoms with van der Waals surface area (Å²) in [5, 5.41) is 0. The highest BCUT2D eigenvalue weighted by molar-refractivity contribution is 5.65. The summed E-state index contributed by atoms with van der Waals surface area (Å²) in [7, 11) is 0. The Bertz CT molecular complexity index is 525. The van der Waals surface area contributed by atoms with E-state index >= 15 is 0 Å². The van der Waals surface area contributed by atoms with Crippen molar-refractivity contribution in [1.82, 2.24) is 9.55 Å². The van der Waals surface area contributed by atoms with Gasteiger partial charge in [-0.1, -0.05) is 26.8 Å². The molecule has 4 heteroatoms. The van der Waals surface area contributed by atoms with Crippen LogP contribution in [0.4, 0.5) is 5.69 Å². The van der Waals surface area contributed by atoms with Crippen molar-refractivity contribution in [3.63, 3.8) is 0 Å². The number of hydrogen-bond acceptors (Lipinski definition) is 3. The number of aliphatic imine (C=N–C) groups is 1. The maximum Gasteiger partial charge on any atom is 0.283 e. The second-order valence-electron chi connectivity index (χ2n) is 4.58. The highest BCUT2D eigenvalue weighted by atomic mass is 16.1. The summed E-state index contributed by atoms with van der Waals surface area (Å²) in [5.74, 6) is 0.996. The van der Waals surface area contributed by atoms with Crippen LogP contribution in [-0.4, -0.2) is 15.8 Å². The summed E-state index contributed by atoms with van der Waals surface area (Å²) in [6.45, 7) is 9.71. The fourth-order valence-corrected chi connectivity index (χ4v) is 1.52. The number of aryl methyl sites for hydroxylation is 2. The van der Waals surface area contributed by atoms with Gasteiger partial charge in [0, 0.05) is 12.4 Å². The van der Waals surface area contributed by atoms with Crippen molar-refractivity contribution in [1.29, 1.82) is 0 Å². The van der Waals surface area contributed by atoms with E-state index in [0.29, 0.717) is 23.1 Å². The minimum atomic E-state index is -0.110. The first-order chi connectivity index (χ1) is 8.47. The van der Waals surface area contributed by atoms with Crippen LogP contribution in [0.1, 0.15) is 38.7 Å². The van der Waals surface area contributed by atoms with Crippen LogP contribution in [0.3, 0.4) is 0 Å². The standard InChI is InChI=1S/C14H21N3O/c1-6-7-8-17-12(5)16-11(4)13(14(17)18)15-9-10(2)3/h7-10H,6H2,1-5H3/b8-7-,15-9?. The Hall–Kier alpha value is -1.71. The maximum atomic E-state index is 12.3. The van der Waals surface area contributed by atoms with Gasteiger partial charge in [0.1, 0.15) is 11.5 Å². The molecule has 0 atom stereocenters. The zero-order valence-electron chi connectivity index (χ0n) is 11.8. The SMILES string of the molecule is CC/C=C\n1c(C)nc(C)c(N=CC(C)C)c1=O. The number of aromatic nitrogens is 2. The minimum absolute atomic E-state index is 0.110. The van der Waals surface area contributed by atoms with Crippen LogP contribution < -0.4 is 5.56 Å². The number of allylic oxidation sites excluding steroid dienone is 1. The van der Waals surface area contributed by atoms with E-state index in [0.717, 1.165) is 6.42 Å². The van der Waals surface area contributed by atoms with Gasteiger partial charge in [-0.3, -0.25) is 14.4 Å². The fourth-order valence-electron chi connectivity index (χ4n) is 1.52. The van der Waals surface area contributed by atoms with Crippen LogP contribution in [0, 0.1) is 19.8 Å². The molecule has 4 nitrogen and oxygen atoms in total. The van der Waals surface area contributed by atoms with E-state index in [1.807, 2.05) is 40.7 Å². The highest BCUT2D eigenvalue weighted by Gasteiger charge is 2.09. The van der Waals surface area contributed by atoms with E-state index in [1.54, 1.807) is 17.0 Å². The van der Waals surface area contributed by atoms with Crippen LogP contribution in [0.2, 0.25) is 0 Å². The third kappa shape index (κ3) is 3.39. The molecule has 0 aliphatic carbocycles. The molecule has 0 fully saturated rings. The predicted octanol–water partition coefficient (Wildman–Crippen LogP) is 3.10. The zero-order chi connectivity index (χ0) is 13.7. The van der Waals surface area contributed by atoms with Gasteiger partial charge in [0.15, 0.2) is 0 Å². The molecule has 1 heterocycles. The molecule has 0 amide bonds. The summed E-state index contributed by atoms with van der Waals surface area (Å²) in [6, 6.07) is 0. The second kappa shape index (κ2) is 6.28. The average molecular weight is 247 g/mol. The molecule has 0 saturated heterocycles. The van der Waals surface area contributed by atoms with Gasteiger partial charge in [0.25, 0.3) is 5.56 Å².